The van der Waals surface area contributed by atoms with E-state index in [9.17, 15) is 0 Å². The van der Waals surface area contributed by atoms with Crippen LogP contribution in [-0.4, -0.2) is 37.3 Å². The number of aliphatic imine (C=N–C) groups is 1. The molecule has 0 spiro atoms. The fourth-order valence-corrected chi connectivity index (χ4v) is 2.44. The molecule has 0 aromatic rings. The van der Waals surface area contributed by atoms with Crippen LogP contribution in [0.5, 0.6) is 0 Å². The highest BCUT2D eigenvalue weighted by Gasteiger charge is 2.02. The molecule has 0 N–H and O–H groups in total. The number of allylic oxidation sites excluding steroid dienone is 3. The molecule has 0 bridgehead atoms. The molecule has 2 nitrogen and oxygen atoms in total. The van der Waals surface area contributed by atoms with Gasteiger partial charge in [-0.25, -0.2) is 0 Å². The Morgan fingerprint density at radius 2 is 1.73 bits per heavy atom. The first-order chi connectivity index (χ1) is 10.7. The topological polar surface area (TPSA) is 15.6 Å². The Balaban J connectivity index is 3.72. The molecular weight excluding hydrogens is 268 g/mol. The largest absolute Gasteiger partial charge is 0.303 e. The molecule has 2 heteroatoms. The Kier molecular flexibility index (Phi) is 15.8. The van der Waals surface area contributed by atoms with E-state index in [4.69, 9.17) is 0 Å². The van der Waals surface area contributed by atoms with Gasteiger partial charge >= 0.3 is 0 Å². The molecular formula is C20H38N2. The van der Waals surface area contributed by atoms with Gasteiger partial charge in [0.15, 0.2) is 0 Å². The van der Waals surface area contributed by atoms with Crippen molar-refractivity contribution in [3.05, 3.63) is 23.8 Å². The van der Waals surface area contributed by atoms with Crippen LogP contribution in [0.15, 0.2) is 28.8 Å². The average Bonchev–Trinajstić information content (AvgIpc) is 2.52. The molecule has 22 heavy (non-hydrogen) atoms. The van der Waals surface area contributed by atoms with Crippen molar-refractivity contribution in [3.63, 3.8) is 0 Å². The van der Waals surface area contributed by atoms with Gasteiger partial charge in [0.1, 0.15) is 0 Å². The Hall–Kier alpha value is -0.890. The lowest BCUT2D eigenvalue weighted by atomic mass is 10.1. The van der Waals surface area contributed by atoms with Gasteiger partial charge in [-0.3, -0.25) is 4.99 Å². The van der Waals surface area contributed by atoms with E-state index in [0.29, 0.717) is 0 Å². The van der Waals surface area contributed by atoms with Crippen molar-refractivity contribution in [2.24, 2.45) is 4.99 Å². The Morgan fingerprint density at radius 1 is 0.955 bits per heavy atom. The van der Waals surface area contributed by atoms with Crippen LogP contribution in [0.25, 0.3) is 0 Å². The molecule has 0 unspecified atom stereocenters. The maximum absolute atomic E-state index is 4.32. The highest BCUT2D eigenvalue weighted by molar-refractivity contribution is 5.72. The highest BCUT2D eigenvalue weighted by Crippen LogP contribution is 2.09. The second-order valence-electron chi connectivity index (χ2n) is 6.10. The van der Waals surface area contributed by atoms with Gasteiger partial charge in [-0.15, -0.1) is 0 Å². The molecule has 0 rings (SSSR count). The van der Waals surface area contributed by atoms with Crippen LogP contribution in [0.2, 0.25) is 0 Å². The summed E-state index contributed by atoms with van der Waals surface area (Å²) in [6, 6.07) is 0. The maximum Gasteiger partial charge on any atom is 0.0570 e. The lowest BCUT2D eigenvalue weighted by Crippen LogP contribution is -2.26. The first-order valence-electron chi connectivity index (χ1n) is 9.23. The van der Waals surface area contributed by atoms with Crippen LogP contribution >= 0.6 is 0 Å². The van der Waals surface area contributed by atoms with E-state index in [-0.39, 0.29) is 0 Å². The Labute approximate surface area is 139 Å². The molecule has 0 radical (unpaired) electrons. The summed E-state index contributed by atoms with van der Waals surface area (Å²) >= 11 is 0. The normalized spacial score (nSPS) is 13.0. The number of hydrogen-bond acceptors (Lipinski definition) is 2. The lowest BCUT2D eigenvalue weighted by molar-refractivity contribution is 0.263. The molecule has 0 amide bonds. The molecule has 0 aliphatic rings. The van der Waals surface area contributed by atoms with Gasteiger partial charge in [0.25, 0.3) is 0 Å². The van der Waals surface area contributed by atoms with E-state index in [1.807, 2.05) is 19.2 Å². The van der Waals surface area contributed by atoms with Gasteiger partial charge < -0.3 is 4.90 Å². The summed E-state index contributed by atoms with van der Waals surface area (Å²) in [5, 5.41) is 0. The molecule has 0 aliphatic carbocycles. The lowest BCUT2D eigenvalue weighted by Gasteiger charge is -2.21. The summed E-state index contributed by atoms with van der Waals surface area (Å²) in [7, 11) is 0. The van der Waals surface area contributed by atoms with Crippen molar-refractivity contribution in [2.45, 2.75) is 72.6 Å². The van der Waals surface area contributed by atoms with Crippen molar-refractivity contribution >= 4 is 6.21 Å². The maximum atomic E-state index is 4.32. The zero-order valence-corrected chi connectivity index (χ0v) is 15.5. The number of rotatable bonds is 14. The molecule has 0 heterocycles. The molecule has 0 saturated heterocycles. The van der Waals surface area contributed by atoms with Gasteiger partial charge in [0, 0.05) is 6.21 Å². The third kappa shape index (κ3) is 14.1. The minimum absolute atomic E-state index is 0.797. The Bertz CT molecular complexity index is 316. The second-order valence-corrected chi connectivity index (χ2v) is 6.10. The monoisotopic (exact) mass is 306 g/mol. The quantitative estimate of drug-likeness (QED) is 0.230. The van der Waals surface area contributed by atoms with Gasteiger partial charge in [-0.05, 0) is 71.7 Å². The third-order valence-corrected chi connectivity index (χ3v) is 3.82. The Morgan fingerprint density at radius 3 is 2.41 bits per heavy atom. The standard InChI is InChI=1S/C20H38N2/c1-5-8-15-21-16-14-20(4)13-11-10-12-19-22(17-7-3)18-9-6-2/h5,8,14,16H,6-7,9-13,15,17-19H2,1-4H3/b8-5-,20-14+,21-16?. The predicted molar refractivity (Wildman–Crippen MR) is 102 cm³/mol. The molecule has 0 fully saturated rings. The van der Waals surface area contributed by atoms with Gasteiger partial charge in [-0.2, -0.15) is 0 Å². The smallest absolute Gasteiger partial charge is 0.0570 e. The molecule has 0 aromatic carbocycles. The zero-order valence-electron chi connectivity index (χ0n) is 15.5. The van der Waals surface area contributed by atoms with Crippen molar-refractivity contribution in [2.75, 3.05) is 26.2 Å². The van der Waals surface area contributed by atoms with Crippen LogP contribution < -0.4 is 0 Å². The molecule has 0 aromatic heterocycles. The van der Waals surface area contributed by atoms with Gasteiger partial charge in [0.05, 0.1) is 6.54 Å². The third-order valence-electron chi connectivity index (χ3n) is 3.82. The number of unbranched alkanes of at least 4 members (excludes halogenated alkanes) is 3. The molecule has 0 atom stereocenters. The van der Waals surface area contributed by atoms with Crippen LogP contribution in [0.4, 0.5) is 0 Å². The fourth-order valence-electron chi connectivity index (χ4n) is 2.44. The first kappa shape index (κ1) is 21.1. The first-order valence-corrected chi connectivity index (χ1v) is 9.23. The number of nitrogens with zero attached hydrogens (tertiary/aromatic N) is 2. The summed E-state index contributed by atoms with van der Waals surface area (Å²) in [5.74, 6) is 0. The van der Waals surface area contributed by atoms with Crippen LogP contribution in [-0.2, 0) is 0 Å². The number of hydrogen-bond donors (Lipinski definition) is 0. The summed E-state index contributed by atoms with van der Waals surface area (Å²) in [6.45, 7) is 13.4. The fraction of sp³-hybridized carbons (Fsp3) is 0.750. The van der Waals surface area contributed by atoms with Crippen molar-refractivity contribution < 1.29 is 0 Å². The highest BCUT2D eigenvalue weighted by atomic mass is 15.1. The summed E-state index contributed by atoms with van der Waals surface area (Å²) in [4.78, 5) is 6.96. The summed E-state index contributed by atoms with van der Waals surface area (Å²) in [5.41, 5.74) is 1.45. The minimum Gasteiger partial charge on any atom is -0.303 e. The van der Waals surface area contributed by atoms with Crippen molar-refractivity contribution in [1.82, 2.24) is 4.90 Å². The molecule has 0 saturated carbocycles. The summed E-state index contributed by atoms with van der Waals surface area (Å²) < 4.78 is 0. The zero-order chi connectivity index (χ0) is 16.5. The van der Waals surface area contributed by atoms with Gasteiger partial charge in [0.2, 0.25) is 0 Å². The minimum atomic E-state index is 0.797. The van der Waals surface area contributed by atoms with E-state index < -0.39 is 0 Å². The van der Waals surface area contributed by atoms with Crippen molar-refractivity contribution in [1.29, 1.82) is 0 Å². The van der Waals surface area contributed by atoms with Crippen LogP contribution in [0.1, 0.15) is 72.6 Å². The summed E-state index contributed by atoms with van der Waals surface area (Å²) in [6.07, 6.45) is 17.3. The van der Waals surface area contributed by atoms with E-state index in [0.717, 1.165) is 6.54 Å². The molecule has 128 valence electrons. The van der Waals surface area contributed by atoms with E-state index >= 15 is 0 Å². The average molecular weight is 307 g/mol. The van der Waals surface area contributed by atoms with Crippen LogP contribution in [0.3, 0.4) is 0 Å². The van der Waals surface area contributed by atoms with Crippen LogP contribution in [0, 0.1) is 0 Å². The molecule has 0 aliphatic heterocycles. The predicted octanol–water partition coefficient (Wildman–Crippen LogP) is 5.65. The van der Waals surface area contributed by atoms with Crippen molar-refractivity contribution in [3.8, 4) is 0 Å². The van der Waals surface area contributed by atoms with Gasteiger partial charge in [-0.1, -0.05) is 44.4 Å². The van der Waals surface area contributed by atoms with E-state index in [1.165, 1.54) is 70.2 Å². The van der Waals surface area contributed by atoms with E-state index in [2.05, 4.69) is 42.8 Å². The van der Waals surface area contributed by atoms with E-state index in [1.54, 1.807) is 0 Å². The SMILES string of the molecule is C/C=C\CN=C/C=C(\C)CCCCCN(CCC)CCCC. The second kappa shape index (κ2) is 16.5.